The van der Waals surface area contributed by atoms with Crippen LogP contribution in [0.3, 0.4) is 0 Å². The second-order valence-electron chi connectivity index (χ2n) is 8.70. The van der Waals surface area contributed by atoms with Crippen molar-refractivity contribution in [2.24, 2.45) is 0 Å². The zero-order chi connectivity index (χ0) is 26.8. The van der Waals surface area contributed by atoms with Crippen molar-refractivity contribution in [1.82, 2.24) is 9.97 Å². The van der Waals surface area contributed by atoms with Crippen molar-refractivity contribution in [3.63, 3.8) is 0 Å². The number of rotatable bonds is 6. The Labute approximate surface area is 215 Å². The number of carbonyl (C=O) groups excluding carboxylic acids is 2. The van der Waals surface area contributed by atoms with Crippen LogP contribution in [0, 0.1) is 0 Å². The molecule has 8 heteroatoms. The average Bonchev–Trinajstić information content (AvgIpc) is 3.57. The molecule has 0 saturated carbocycles. The number of aromatic amines is 2. The molecule has 0 aliphatic rings. The maximum atomic E-state index is 12.7. The minimum atomic E-state index is -0.508. The SMILES string of the molecule is CC(=O)c1ccc(-c2ccc(/C=c3/[nH]c(=O)/c(=C\c4ccc(-c5ccc(C(C)=O)cc5)o4)[nH]c3=O)o2)cc1. The first-order chi connectivity index (χ1) is 18.3. The first-order valence-electron chi connectivity index (χ1n) is 11.8. The molecular formula is C30H22N2O6. The number of furan rings is 2. The fourth-order valence-electron chi connectivity index (χ4n) is 3.89. The van der Waals surface area contributed by atoms with Gasteiger partial charge in [0.2, 0.25) is 0 Å². The van der Waals surface area contributed by atoms with Crippen molar-refractivity contribution >= 4 is 23.7 Å². The second-order valence-corrected chi connectivity index (χ2v) is 8.70. The van der Waals surface area contributed by atoms with E-state index in [0.29, 0.717) is 34.2 Å². The van der Waals surface area contributed by atoms with Gasteiger partial charge in [-0.15, -0.1) is 0 Å². The van der Waals surface area contributed by atoms with Gasteiger partial charge in [-0.1, -0.05) is 48.5 Å². The molecule has 2 aromatic carbocycles. The molecule has 3 aromatic heterocycles. The van der Waals surface area contributed by atoms with Crippen LogP contribution in [0.2, 0.25) is 0 Å². The number of ketones is 2. The molecule has 0 amide bonds. The number of hydrogen-bond donors (Lipinski definition) is 2. The highest BCUT2D eigenvalue weighted by Crippen LogP contribution is 2.24. The summed E-state index contributed by atoms with van der Waals surface area (Å²) >= 11 is 0. The van der Waals surface area contributed by atoms with Crippen LogP contribution in [-0.2, 0) is 0 Å². The summed E-state index contributed by atoms with van der Waals surface area (Å²) in [6.07, 6.45) is 2.88. The van der Waals surface area contributed by atoms with Crippen LogP contribution in [-0.4, -0.2) is 21.5 Å². The Morgan fingerprint density at radius 3 is 1.29 bits per heavy atom. The summed E-state index contributed by atoms with van der Waals surface area (Å²) in [7, 11) is 0. The Bertz CT molecular complexity index is 1760. The predicted octanol–water partition coefficient (Wildman–Crippen LogP) is 3.65. The number of benzene rings is 2. The second kappa shape index (κ2) is 10.0. The normalized spacial score (nSPS) is 12.2. The number of hydrogen-bond acceptors (Lipinski definition) is 6. The molecule has 0 aliphatic carbocycles. The van der Waals surface area contributed by atoms with Gasteiger partial charge in [-0.05, 0) is 38.1 Å². The lowest BCUT2D eigenvalue weighted by atomic mass is 10.1. The van der Waals surface area contributed by atoms with Gasteiger partial charge in [0.15, 0.2) is 11.6 Å². The summed E-state index contributed by atoms with van der Waals surface area (Å²) in [5, 5.41) is 0.0661. The molecule has 5 aromatic rings. The molecule has 0 bridgehead atoms. The highest BCUT2D eigenvalue weighted by atomic mass is 16.3. The Morgan fingerprint density at radius 1 is 0.579 bits per heavy atom. The predicted molar refractivity (Wildman–Crippen MR) is 142 cm³/mol. The molecule has 0 aliphatic heterocycles. The fraction of sp³-hybridized carbons (Fsp3) is 0.0667. The number of aromatic nitrogens is 2. The third-order valence-electron chi connectivity index (χ3n) is 5.96. The molecule has 0 saturated heterocycles. The van der Waals surface area contributed by atoms with E-state index >= 15 is 0 Å². The van der Waals surface area contributed by atoms with Crippen LogP contribution in [0.1, 0.15) is 46.1 Å². The van der Waals surface area contributed by atoms with Gasteiger partial charge >= 0.3 is 0 Å². The summed E-state index contributed by atoms with van der Waals surface area (Å²) in [6.45, 7) is 3.00. The molecule has 0 atom stereocenters. The third-order valence-corrected chi connectivity index (χ3v) is 5.96. The quantitative estimate of drug-likeness (QED) is 0.339. The Hall–Kier alpha value is -5.24. The lowest BCUT2D eigenvalue weighted by Gasteiger charge is -1.99. The van der Waals surface area contributed by atoms with Gasteiger partial charge in [-0.3, -0.25) is 19.2 Å². The number of nitrogens with one attached hydrogen (secondary N) is 2. The van der Waals surface area contributed by atoms with Gasteiger partial charge in [-0.2, -0.15) is 0 Å². The first-order valence-corrected chi connectivity index (χ1v) is 11.8. The van der Waals surface area contributed by atoms with E-state index < -0.39 is 11.1 Å². The topological polar surface area (TPSA) is 126 Å². The van der Waals surface area contributed by atoms with Gasteiger partial charge in [0.25, 0.3) is 11.1 Å². The van der Waals surface area contributed by atoms with Gasteiger partial charge < -0.3 is 18.8 Å². The van der Waals surface area contributed by atoms with Gasteiger partial charge in [0.1, 0.15) is 33.7 Å². The van der Waals surface area contributed by atoms with Crippen molar-refractivity contribution in [2.75, 3.05) is 0 Å². The molecule has 5 rings (SSSR count). The highest BCUT2D eigenvalue weighted by molar-refractivity contribution is 5.95. The molecule has 3 heterocycles. The number of H-pyrrole nitrogens is 2. The average molecular weight is 507 g/mol. The summed E-state index contributed by atoms with van der Waals surface area (Å²) in [5.41, 5.74) is 1.73. The smallest absolute Gasteiger partial charge is 0.272 e. The molecule has 0 unspecified atom stereocenters. The van der Waals surface area contributed by atoms with E-state index in [9.17, 15) is 19.2 Å². The Balaban J connectivity index is 1.41. The molecule has 188 valence electrons. The van der Waals surface area contributed by atoms with Crippen molar-refractivity contribution in [1.29, 1.82) is 0 Å². The minimum Gasteiger partial charge on any atom is -0.457 e. The zero-order valence-electron chi connectivity index (χ0n) is 20.5. The molecule has 8 nitrogen and oxygen atoms in total. The summed E-state index contributed by atoms with van der Waals surface area (Å²) in [6, 6.07) is 20.8. The Kier molecular flexibility index (Phi) is 6.45. The Morgan fingerprint density at radius 2 is 0.947 bits per heavy atom. The van der Waals surface area contributed by atoms with Crippen molar-refractivity contribution in [2.45, 2.75) is 13.8 Å². The summed E-state index contributed by atoms with van der Waals surface area (Å²) in [5.74, 6) is 1.81. The number of carbonyl (C=O) groups is 2. The molecule has 0 radical (unpaired) electrons. The fourth-order valence-corrected chi connectivity index (χ4v) is 3.89. The zero-order valence-corrected chi connectivity index (χ0v) is 20.5. The van der Waals surface area contributed by atoms with Gasteiger partial charge in [0.05, 0.1) is 0 Å². The van der Waals surface area contributed by atoms with Gasteiger partial charge in [0, 0.05) is 34.4 Å². The van der Waals surface area contributed by atoms with Crippen molar-refractivity contribution < 1.29 is 18.4 Å². The summed E-state index contributed by atoms with van der Waals surface area (Å²) in [4.78, 5) is 53.4. The van der Waals surface area contributed by atoms with E-state index in [1.165, 1.54) is 26.0 Å². The standard InChI is InChI=1S/C30H22N2O6/c1-17(33)19-3-7-21(8-4-19)27-13-11-23(37-27)15-25-29(35)32-26(30(36)31-25)16-24-12-14-28(38-24)22-9-5-20(6-10-22)18(2)34/h3-16H,1-2H3,(H,31,36)(H,32,35)/b25-15+,26-16+. The van der Waals surface area contributed by atoms with Crippen LogP contribution >= 0.6 is 0 Å². The van der Waals surface area contributed by atoms with Crippen molar-refractivity contribution in [3.05, 3.63) is 127 Å². The first kappa shape index (κ1) is 24.5. The maximum absolute atomic E-state index is 12.7. The van der Waals surface area contributed by atoms with E-state index in [1.807, 2.05) is 0 Å². The third kappa shape index (κ3) is 5.15. The van der Waals surface area contributed by atoms with Crippen molar-refractivity contribution in [3.8, 4) is 22.6 Å². The minimum absolute atomic E-state index is 0.0261. The van der Waals surface area contributed by atoms with E-state index in [0.717, 1.165) is 11.1 Å². The monoisotopic (exact) mass is 506 g/mol. The van der Waals surface area contributed by atoms with Crippen LogP contribution in [0.15, 0.2) is 91.2 Å². The largest absolute Gasteiger partial charge is 0.457 e. The van der Waals surface area contributed by atoms with E-state index in [4.69, 9.17) is 8.83 Å². The van der Waals surface area contributed by atoms with Crippen LogP contribution < -0.4 is 21.8 Å². The molecule has 0 fully saturated rings. The maximum Gasteiger partial charge on any atom is 0.272 e. The van der Waals surface area contributed by atoms with Crippen LogP contribution in [0.5, 0.6) is 0 Å². The molecule has 38 heavy (non-hydrogen) atoms. The lowest BCUT2D eigenvalue weighted by Crippen LogP contribution is -2.46. The molecular weight excluding hydrogens is 484 g/mol. The summed E-state index contributed by atoms with van der Waals surface area (Å²) < 4.78 is 11.6. The van der Waals surface area contributed by atoms with E-state index in [2.05, 4.69) is 9.97 Å². The van der Waals surface area contributed by atoms with E-state index in [-0.39, 0.29) is 22.3 Å². The van der Waals surface area contributed by atoms with Crippen LogP contribution in [0.25, 0.3) is 34.8 Å². The molecule has 0 spiro atoms. The van der Waals surface area contributed by atoms with Gasteiger partial charge in [-0.25, -0.2) is 0 Å². The highest BCUT2D eigenvalue weighted by Gasteiger charge is 2.08. The number of Topliss-reactive ketones (excluding diaryl/α,β-unsaturated/α-hetero) is 2. The molecule has 2 N–H and O–H groups in total. The van der Waals surface area contributed by atoms with E-state index in [1.54, 1.807) is 72.8 Å². The lowest BCUT2D eigenvalue weighted by molar-refractivity contribution is 0.100. The van der Waals surface area contributed by atoms with Crippen LogP contribution in [0.4, 0.5) is 0 Å².